The van der Waals surface area contributed by atoms with Crippen molar-refractivity contribution in [2.45, 2.75) is 13.8 Å². The van der Waals surface area contributed by atoms with E-state index in [1.54, 1.807) is 0 Å². The van der Waals surface area contributed by atoms with Gasteiger partial charge < -0.3 is 8.54 Å². The van der Waals surface area contributed by atoms with Crippen LogP contribution in [-0.2, 0) is 4.43 Å². The van der Waals surface area contributed by atoms with Crippen molar-refractivity contribution in [2.24, 2.45) is 0 Å². The first kappa shape index (κ1) is 9.21. The highest BCUT2D eigenvalue weighted by molar-refractivity contribution is 6.23. The lowest BCUT2D eigenvalue weighted by atomic mass is 10.0. The molecule has 1 aliphatic rings. The fourth-order valence-corrected chi connectivity index (χ4v) is 2.13. The van der Waals surface area contributed by atoms with Crippen molar-refractivity contribution in [1.29, 1.82) is 0 Å². The monoisotopic (exact) mass is 204 g/mol. The number of ketones is 1. The zero-order valence-corrected chi connectivity index (χ0v) is 9.44. The minimum Gasteiger partial charge on any atom is -0.621 e. The van der Waals surface area contributed by atoms with Crippen LogP contribution in [0.1, 0.15) is 23.5 Å². The van der Waals surface area contributed by atoms with Gasteiger partial charge in [-0.3, -0.25) is 0 Å². The van der Waals surface area contributed by atoms with Crippen molar-refractivity contribution in [1.82, 2.24) is 0 Å². The van der Waals surface area contributed by atoms with Gasteiger partial charge in [-0.05, 0) is 26.0 Å². The number of allylic oxidation sites excluding steroid dienone is 2. The first-order chi connectivity index (χ1) is 6.79. The molecule has 1 aromatic rings. The minimum atomic E-state index is -0.389. The molecule has 3 heteroatoms. The smallest absolute Gasteiger partial charge is 0.440 e. The fraction of sp³-hybridized carbons (Fsp3) is 0.182. The molecule has 0 saturated carbocycles. The van der Waals surface area contributed by atoms with E-state index in [4.69, 9.17) is 8.54 Å². The Morgan fingerprint density at radius 2 is 1.86 bits per heavy atom. The van der Waals surface area contributed by atoms with E-state index in [-0.39, 0.29) is 10.0 Å². The Morgan fingerprint density at radius 1 is 1.14 bits per heavy atom. The van der Waals surface area contributed by atoms with E-state index in [2.05, 4.69) is 12.1 Å². The summed E-state index contributed by atoms with van der Waals surface area (Å²) in [5.41, 5.74) is 2.22. The molecule has 0 spiro atoms. The molecule has 72 valence electrons. The van der Waals surface area contributed by atoms with Gasteiger partial charge in [0.1, 0.15) is 0 Å². The number of rotatable bonds is 1. The van der Waals surface area contributed by atoms with E-state index < -0.39 is 0 Å². The molecule has 1 aliphatic heterocycles. The quantitative estimate of drug-likeness (QED) is 0.506. The van der Waals surface area contributed by atoms with Crippen LogP contribution in [0, 0.1) is 0 Å². The fourth-order valence-electron chi connectivity index (χ4n) is 1.36. The molecule has 2 rings (SSSR count). The molecule has 0 aromatic heterocycles. The van der Waals surface area contributed by atoms with Gasteiger partial charge in [-0.2, -0.15) is 0 Å². The standard InChI is InChI=1S/C11H12O2Si/c1-8-9(2)12-14-13-11(8)10-6-4-3-5-7-10/h3-7,14H,1-2H3. The van der Waals surface area contributed by atoms with Crippen molar-refractivity contribution in [3.8, 4) is 0 Å². The van der Waals surface area contributed by atoms with Crippen LogP contribution in [0.5, 0.6) is 0 Å². The maximum Gasteiger partial charge on any atom is 0.440 e. The second-order valence-corrected chi connectivity index (χ2v) is 3.87. The van der Waals surface area contributed by atoms with Crippen molar-refractivity contribution < 1.29 is 8.54 Å². The summed E-state index contributed by atoms with van der Waals surface area (Å²) < 4.78 is 10.9. The number of hydrogen-bond donors (Lipinski definition) is 0. The first-order valence-electron chi connectivity index (χ1n) is 4.54. The lowest BCUT2D eigenvalue weighted by Crippen LogP contribution is -2.15. The first-order valence-corrected chi connectivity index (χ1v) is 5.48. The Bertz CT molecular complexity index is 393. The van der Waals surface area contributed by atoms with Gasteiger partial charge in [0.05, 0.1) is 16.9 Å². The van der Waals surface area contributed by atoms with E-state index in [9.17, 15) is 0 Å². The average molecular weight is 204 g/mol. The summed E-state index contributed by atoms with van der Waals surface area (Å²) in [6.07, 6.45) is 0. The predicted molar refractivity (Wildman–Crippen MR) is 57.4 cm³/mol. The Labute approximate surface area is 86.0 Å². The SMILES string of the molecule is CC1=C(C)C(c2ccccc2)=[O+][SiH-]O1. The van der Waals surface area contributed by atoms with Crippen molar-refractivity contribution >= 4 is 15.8 Å². The summed E-state index contributed by atoms with van der Waals surface area (Å²) in [4.78, 5) is 0. The van der Waals surface area contributed by atoms with E-state index in [0.717, 1.165) is 22.7 Å². The van der Waals surface area contributed by atoms with Crippen LogP contribution < -0.4 is 0 Å². The van der Waals surface area contributed by atoms with Gasteiger partial charge >= 0.3 is 10.0 Å². The molecule has 0 fully saturated rings. The molecule has 1 heterocycles. The molecule has 0 radical (unpaired) electrons. The van der Waals surface area contributed by atoms with Crippen LogP contribution in [0.25, 0.3) is 0 Å². The third kappa shape index (κ3) is 1.63. The van der Waals surface area contributed by atoms with E-state index >= 15 is 0 Å². The van der Waals surface area contributed by atoms with Gasteiger partial charge in [-0.1, -0.05) is 18.2 Å². The van der Waals surface area contributed by atoms with Gasteiger partial charge in [0.25, 0.3) is 5.78 Å². The van der Waals surface area contributed by atoms with Gasteiger partial charge in [-0.15, -0.1) is 0 Å². The summed E-state index contributed by atoms with van der Waals surface area (Å²) in [6.45, 7) is 4.00. The van der Waals surface area contributed by atoms with Crippen LogP contribution in [-0.4, -0.2) is 15.8 Å². The van der Waals surface area contributed by atoms with E-state index in [1.165, 1.54) is 0 Å². The maximum atomic E-state index is 5.57. The maximum absolute atomic E-state index is 5.57. The molecular formula is C11H12O2Si. The lowest BCUT2D eigenvalue weighted by molar-refractivity contribution is -0.108. The molecule has 0 unspecified atom stereocenters. The van der Waals surface area contributed by atoms with Gasteiger partial charge in [-0.25, -0.2) is 0 Å². The number of hydrogen-bond acceptors (Lipinski definition) is 1. The Balaban J connectivity index is 2.41. The summed E-state index contributed by atoms with van der Waals surface area (Å²) in [7, 11) is -0.389. The molecule has 0 amide bonds. The van der Waals surface area contributed by atoms with Crippen molar-refractivity contribution in [3.05, 3.63) is 47.2 Å². The van der Waals surface area contributed by atoms with Gasteiger partial charge in [0, 0.05) is 0 Å². The molecular weight excluding hydrogens is 192 g/mol. The molecule has 0 N–H and O–H groups in total. The zero-order valence-electron chi connectivity index (χ0n) is 8.28. The Hall–Kier alpha value is -1.35. The second-order valence-electron chi connectivity index (χ2n) is 3.21. The molecule has 2 nitrogen and oxygen atoms in total. The summed E-state index contributed by atoms with van der Waals surface area (Å²) in [6, 6.07) is 10.1. The van der Waals surface area contributed by atoms with Crippen LogP contribution in [0.2, 0.25) is 0 Å². The highest BCUT2D eigenvalue weighted by atomic mass is 28.2. The van der Waals surface area contributed by atoms with Crippen LogP contribution in [0.3, 0.4) is 0 Å². The third-order valence-corrected chi connectivity index (χ3v) is 3.08. The minimum absolute atomic E-state index is 0.389. The van der Waals surface area contributed by atoms with Crippen molar-refractivity contribution in [2.75, 3.05) is 0 Å². The predicted octanol–water partition coefficient (Wildman–Crippen LogP) is 2.00. The average Bonchev–Trinajstić information content (AvgIpc) is 2.23. The Kier molecular flexibility index (Phi) is 2.50. The van der Waals surface area contributed by atoms with Crippen LogP contribution >= 0.6 is 0 Å². The van der Waals surface area contributed by atoms with E-state index in [1.807, 2.05) is 32.0 Å². The van der Waals surface area contributed by atoms with E-state index in [0.29, 0.717) is 0 Å². The van der Waals surface area contributed by atoms with Crippen molar-refractivity contribution in [3.63, 3.8) is 0 Å². The third-order valence-electron chi connectivity index (χ3n) is 2.30. The molecule has 0 bridgehead atoms. The van der Waals surface area contributed by atoms with Crippen LogP contribution in [0.15, 0.2) is 41.7 Å². The highest BCUT2D eigenvalue weighted by Gasteiger charge is 2.19. The summed E-state index contributed by atoms with van der Waals surface area (Å²) in [5.74, 6) is 1.94. The normalized spacial score (nSPS) is 15.7. The lowest BCUT2D eigenvalue weighted by Gasteiger charge is -2.15. The summed E-state index contributed by atoms with van der Waals surface area (Å²) in [5, 5.41) is 0. The molecule has 0 saturated heterocycles. The number of benzene rings is 1. The second kappa shape index (κ2) is 3.80. The molecule has 0 aliphatic carbocycles. The van der Waals surface area contributed by atoms with Gasteiger partial charge in [0.15, 0.2) is 0 Å². The summed E-state index contributed by atoms with van der Waals surface area (Å²) >= 11 is 0. The molecule has 14 heavy (non-hydrogen) atoms. The largest absolute Gasteiger partial charge is 0.621 e. The highest BCUT2D eigenvalue weighted by Crippen LogP contribution is 2.16. The molecule has 1 aromatic carbocycles. The molecule has 0 atom stereocenters. The van der Waals surface area contributed by atoms with Gasteiger partial charge in [0.2, 0.25) is 0 Å². The van der Waals surface area contributed by atoms with Crippen LogP contribution in [0.4, 0.5) is 0 Å². The topological polar surface area (TPSA) is 20.5 Å². The zero-order chi connectivity index (χ0) is 9.97. The number of carbonyl (C=O) groups excluding carboxylic acids is 1. The Morgan fingerprint density at radius 3 is 2.57 bits per heavy atom.